The van der Waals surface area contributed by atoms with E-state index in [2.05, 4.69) is 43.8 Å². The molecule has 6 atom stereocenters. The van der Waals surface area contributed by atoms with Crippen LogP contribution in [0.25, 0.3) is 0 Å². The number of carbonyl (C=O) groups is 6. The van der Waals surface area contributed by atoms with Gasteiger partial charge in [0, 0.05) is 18.3 Å². The van der Waals surface area contributed by atoms with Crippen LogP contribution < -0.4 is 31.9 Å². The highest BCUT2D eigenvalue weighted by atomic mass is 32.2. The first-order chi connectivity index (χ1) is 30.2. The number of thioether (sulfide) groups is 1. The third-order valence-corrected chi connectivity index (χ3v) is 11.2. The van der Waals surface area contributed by atoms with Crippen LogP contribution in [0.15, 0.2) is 77.3 Å². The van der Waals surface area contributed by atoms with E-state index in [1.807, 2.05) is 81.4 Å². The number of hydrogen-bond donors (Lipinski definition) is 6. The molecule has 0 saturated carbocycles. The number of rotatable bonds is 21. The smallest absolute Gasteiger partial charge is 0.408 e. The summed E-state index contributed by atoms with van der Waals surface area (Å²) in [5, 5.41) is 17.9. The number of alkyl carbamates (subject to hydrolysis) is 2. The fraction of sp³-hybridized carbons (Fsp3) is 0.562. The van der Waals surface area contributed by atoms with Gasteiger partial charge >= 0.3 is 12.2 Å². The first-order valence-corrected chi connectivity index (χ1v) is 23.2. The second-order valence-corrected chi connectivity index (χ2v) is 19.5. The van der Waals surface area contributed by atoms with E-state index >= 15 is 0 Å². The van der Waals surface area contributed by atoms with Gasteiger partial charge in [-0.25, -0.2) is 9.59 Å². The Morgan fingerprint density at radius 2 is 1.41 bits per heavy atom. The van der Waals surface area contributed by atoms with Crippen molar-refractivity contribution in [3.8, 4) is 0 Å². The van der Waals surface area contributed by atoms with Crippen LogP contribution in [0, 0.1) is 17.8 Å². The number of carbonyl (C=O) groups excluding carboxylic acids is 6. The minimum Gasteiger partial charge on any atom is -0.445 e. The number of aliphatic imine (C=N–C) groups is 1. The van der Waals surface area contributed by atoms with Crippen molar-refractivity contribution in [1.29, 1.82) is 0 Å². The van der Waals surface area contributed by atoms with Crippen molar-refractivity contribution in [3.63, 3.8) is 0 Å². The van der Waals surface area contributed by atoms with E-state index < -0.39 is 71.5 Å². The number of ether oxygens (including phenoxy) is 2. The van der Waals surface area contributed by atoms with Gasteiger partial charge in [0.1, 0.15) is 30.3 Å². The Labute approximate surface area is 383 Å². The molecule has 0 fully saturated rings. The van der Waals surface area contributed by atoms with Gasteiger partial charge in [0.05, 0.1) is 12.0 Å². The fourth-order valence-electron chi connectivity index (χ4n) is 6.70. The van der Waals surface area contributed by atoms with Crippen molar-refractivity contribution >= 4 is 52.7 Å². The average Bonchev–Trinajstić information content (AvgIpc) is 3.22. The van der Waals surface area contributed by atoms with Crippen LogP contribution in [0.1, 0.15) is 106 Å². The largest absolute Gasteiger partial charge is 0.445 e. The van der Waals surface area contributed by atoms with Crippen LogP contribution >= 0.6 is 11.8 Å². The monoisotopic (exact) mass is 906 g/mol. The molecule has 0 spiro atoms. The van der Waals surface area contributed by atoms with Gasteiger partial charge in [-0.3, -0.25) is 24.2 Å². The number of hydrogen-bond acceptors (Lipinski definition) is 10. The van der Waals surface area contributed by atoms with Crippen molar-refractivity contribution in [2.24, 2.45) is 22.7 Å². The topological polar surface area (TPSA) is 205 Å². The van der Waals surface area contributed by atoms with Gasteiger partial charge in [-0.2, -0.15) is 0 Å². The fourth-order valence-corrected chi connectivity index (χ4v) is 7.63. The lowest BCUT2D eigenvalue weighted by atomic mass is 9.96. The van der Waals surface area contributed by atoms with Gasteiger partial charge in [0.15, 0.2) is 5.17 Å². The molecule has 3 rings (SSSR count). The summed E-state index contributed by atoms with van der Waals surface area (Å²) in [5.41, 5.74) is 1.82. The molecule has 352 valence electrons. The summed E-state index contributed by atoms with van der Waals surface area (Å²) >= 11 is 1.47. The molecule has 0 aliphatic carbocycles. The summed E-state index contributed by atoms with van der Waals surface area (Å²) in [6.45, 7) is 19.2. The van der Waals surface area contributed by atoms with Gasteiger partial charge in [-0.1, -0.05) is 126 Å². The number of nitrogens with zero attached hydrogens (tertiary/aromatic N) is 1. The zero-order valence-corrected chi connectivity index (χ0v) is 40.1. The molecule has 16 heteroatoms. The maximum Gasteiger partial charge on any atom is 0.408 e. The van der Waals surface area contributed by atoms with Crippen molar-refractivity contribution in [2.45, 2.75) is 143 Å². The quantitative estimate of drug-likeness (QED) is 0.0592. The van der Waals surface area contributed by atoms with Gasteiger partial charge < -0.3 is 41.4 Å². The van der Waals surface area contributed by atoms with Crippen LogP contribution in [0.2, 0.25) is 0 Å². The van der Waals surface area contributed by atoms with Crippen molar-refractivity contribution in [3.05, 3.63) is 83.4 Å². The standard InChI is InChI=1S/C48H71N7O8S/c1-30(2)26-39(43(58)55-45-49-25-23-34(7)64-45)52-42(57)37(22-17-24-50-46(60)62-29-36-20-15-12-16-21-36)51-44(59)40(31(3)4)54-41(56)33(6)27-32(5)38(28-35-18-13-11-14-19-35)53-47(61)63-48(8,9)10/h11-16,18-21,27,30-31,33-34,37-40H,17,22-26,28-29H2,1-10H3,(H,50,60)(H,51,59)(H,52,57)(H,53,61)(H,54,56)(H,49,55,58)/t33-,34?,37+,38-,39+,40+/m1/s1. The lowest BCUT2D eigenvalue weighted by molar-refractivity contribution is -0.134. The average molecular weight is 906 g/mol. The van der Waals surface area contributed by atoms with Gasteiger partial charge in [-0.15, -0.1) is 0 Å². The zero-order chi connectivity index (χ0) is 47.4. The van der Waals surface area contributed by atoms with Gasteiger partial charge in [0.25, 0.3) is 0 Å². The van der Waals surface area contributed by atoms with Crippen LogP contribution in [0.5, 0.6) is 0 Å². The Morgan fingerprint density at radius 1 is 0.781 bits per heavy atom. The van der Waals surface area contributed by atoms with E-state index in [0.29, 0.717) is 24.6 Å². The summed E-state index contributed by atoms with van der Waals surface area (Å²) < 4.78 is 10.9. The first-order valence-electron chi connectivity index (χ1n) is 22.3. The molecule has 1 heterocycles. The molecule has 1 aliphatic heterocycles. The Hall–Kier alpha value is -5.38. The maximum absolute atomic E-state index is 14.1. The Morgan fingerprint density at radius 3 is 2.00 bits per heavy atom. The minimum absolute atomic E-state index is 0.0389. The molecule has 6 amide bonds. The molecule has 0 saturated heterocycles. The summed E-state index contributed by atoms with van der Waals surface area (Å²) in [7, 11) is 0. The second kappa shape index (κ2) is 26.4. The molecule has 0 bridgehead atoms. The van der Waals surface area contributed by atoms with Crippen molar-refractivity contribution in [2.75, 3.05) is 13.1 Å². The number of nitrogens with one attached hydrogen (secondary N) is 6. The molecule has 15 nitrogen and oxygen atoms in total. The third-order valence-electron chi connectivity index (χ3n) is 10.2. The minimum atomic E-state index is -1.13. The molecule has 1 aliphatic rings. The predicted octanol–water partition coefficient (Wildman–Crippen LogP) is 6.57. The van der Waals surface area contributed by atoms with E-state index in [-0.39, 0.29) is 43.1 Å². The van der Waals surface area contributed by atoms with Crippen LogP contribution in [-0.4, -0.2) is 89.1 Å². The van der Waals surface area contributed by atoms with Gasteiger partial charge in [-0.05, 0) is 82.8 Å². The van der Waals surface area contributed by atoms with Crippen molar-refractivity contribution in [1.82, 2.24) is 31.9 Å². The van der Waals surface area contributed by atoms with Crippen LogP contribution in [-0.2, 0) is 41.7 Å². The molecule has 0 aromatic heterocycles. The molecular formula is C48H71N7O8S. The molecule has 64 heavy (non-hydrogen) atoms. The Balaban J connectivity index is 1.78. The van der Waals surface area contributed by atoms with Crippen molar-refractivity contribution < 1.29 is 38.2 Å². The molecule has 1 unspecified atom stereocenters. The summed E-state index contributed by atoms with van der Waals surface area (Å²) in [5.74, 6) is -3.09. The second-order valence-electron chi connectivity index (χ2n) is 18.1. The first kappa shape index (κ1) is 53.0. The van der Waals surface area contributed by atoms with Gasteiger partial charge in [0.2, 0.25) is 23.6 Å². The lowest BCUT2D eigenvalue weighted by Crippen LogP contribution is -2.58. The summed E-state index contributed by atoms with van der Waals surface area (Å²) in [4.78, 5) is 85.4. The lowest BCUT2D eigenvalue weighted by Gasteiger charge is -2.28. The molecule has 6 N–H and O–H groups in total. The van der Waals surface area contributed by atoms with E-state index in [4.69, 9.17) is 9.47 Å². The third kappa shape index (κ3) is 20.0. The molecular weight excluding hydrogens is 835 g/mol. The summed E-state index contributed by atoms with van der Waals surface area (Å²) in [6, 6.07) is 15.3. The Kier molecular flexibility index (Phi) is 21.9. The van der Waals surface area contributed by atoms with E-state index in [9.17, 15) is 28.8 Å². The normalized spacial score (nSPS) is 16.5. The molecule has 0 radical (unpaired) electrons. The number of benzene rings is 2. The van der Waals surface area contributed by atoms with E-state index in [0.717, 1.165) is 23.1 Å². The highest BCUT2D eigenvalue weighted by Gasteiger charge is 2.33. The molecule has 2 aromatic carbocycles. The highest BCUT2D eigenvalue weighted by molar-refractivity contribution is 8.14. The Bertz CT molecular complexity index is 1900. The zero-order valence-electron chi connectivity index (χ0n) is 39.2. The van der Waals surface area contributed by atoms with Crippen LogP contribution in [0.3, 0.4) is 0 Å². The molecule has 2 aromatic rings. The number of amidine groups is 1. The SMILES string of the molecule is CC(=C[C@@H](C)C(=O)N[C@H](C(=O)N[C@@H](CCCNC(=O)OCc1ccccc1)C(=O)N[C@@H](CC(C)C)C(=O)NC1=NCCC(C)S1)C(C)C)[C@@H](Cc1ccccc1)NC(=O)OC(C)(C)C. The van der Waals surface area contributed by atoms with E-state index in [1.165, 1.54) is 11.8 Å². The van der Waals surface area contributed by atoms with Crippen LogP contribution in [0.4, 0.5) is 9.59 Å². The predicted molar refractivity (Wildman–Crippen MR) is 252 cm³/mol. The highest BCUT2D eigenvalue weighted by Crippen LogP contribution is 2.20. The maximum atomic E-state index is 14.1. The number of amides is 6. The summed E-state index contributed by atoms with van der Waals surface area (Å²) in [6.07, 6.45) is 2.58. The van der Waals surface area contributed by atoms with E-state index in [1.54, 1.807) is 47.6 Å².